The van der Waals surface area contributed by atoms with Gasteiger partial charge in [-0.3, -0.25) is 4.55 Å². The standard InChI is InChI=1S/C9H11O3S/c1-8(13(10,11)12)7-9-5-3-2-4-6-9/h2-6H,7H2,1H3,(H,10,11,12). The van der Waals surface area contributed by atoms with Gasteiger partial charge in [-0.2, -0.15) is 8.42 Å². The summed E-state index contributed by atoms with van der Waals surface area (Å²) in [6, 6.07) is 9.13. The lowest BCUT2D eigenvalue weighted by molar-refractivity contribution is 0.482. The van der Waals surface area contributed by atoms with Gasteiger partial charge >= 0.3 is 0 Å². The second-order valence-corrected chi connectivity index (χ2v) is 4.49. The third kappa shape index (κ3) is 3.16. The molecular weight excluding hydrogens is 188 g/mol. The van der Waals surface area contributed by atoms with Crippen molar-refractivity contribution < 1.29 is 13.0 Å². The summed E-state index contributed by atoms with van der Waals surface area (Å²) in [5.74, 6) is 0. The van der Waals surface area contributed by atoms with E-state index >= 15 is 0 Å². The lowest BCUT2D eigenvalue weighted by Crippen LogP contribution is -2.10. The SMILES string of the molecule is C[C](Cc1ccccc1)S(=O)(=O)O. The van der Waals surface area contributed by atoms with Crippen molar-refractivity contribution in [3.63, 3.8) is 0 Å². The van der Waals surface area contributed by atoms with E-state index in [1.165, 1.54) is 6.92 Å². The third-order valence-corrected chi connectivity index (χ3v) is 2.76. The van der Waals surface area contributed by atoms with E-state index in [0.717, 1.165) is 5.56 Å². The molecule has 0 bridgehead atoms. The molecule has 13 heavy (non-hydrogen) atoms. The maximum absolute atomic E-state index is 10.7. The Morgan fingerprint density at radius 2 is 1.85 bits per heavy atom. The van der Waals surface area contributed by atoms with Crippen LogP contribution in [-0.4, -0.2) is 13.0 Å². The van der Waals surface area contributed by atoms with Gasteiger partial charge in [0.1, 0.15) is 5.25 Å². The van der Waals surface area contributed by atoms with E-state index in [9.17, 15) is 8.42 Å². The second kappa shape index (κ2) is 3.89. The van der Waals surface area contributed by atoms with Crippen LogP contribution in [0.15, 0.2) is 30.3 Å². The van der Waals surface area contributed by atoms with E-state index < -0.39 is 10.1 Å². The predicted molar refractivity (Wildman–Crippen MR) is 50.6 cm³/mol. The normalized spacial score (nSPS) is 11.9. The quantitative estimate of drug-likeness (QED) is 0.753. The molecular formula is C9H11O3S. The molecule has 1 radical (unpaired) electrons. The summed E-state index contributed by atoms with van der Waals surface area (Å²) in [7, 11) is -3.98. The van der Waals surface area contributed by atoms with Crippen molar-refractivity contribution in [1.82, 2.24) is 0 Å². The first kappa shape index (κ1) is 10.2. The van der Waals surface area contributed by atoms with Gasteiger partial charge in [-0.15, -0.1) is 0 Å². The highest BCUT2D eigenvalue weighted by atomic mass is 32.2. The minimum atomic E-state index is -3.98. The first-order chi connectivity index (χ1) is 6.00. The summed E-state index contributed by atoms with van der Waals surface area (Å²) in [6.07, 6.45) is 0.264. The predicted octanol–water partition coefficient (Wildman–Crippen LogP) is 1.67. The first-order valence-electron chi connectivity index (χ1n) is 3.84. The molecule has 0 aliphatic rings. The summed E-state index contributed by atoms with van der Waals surface area (Å²) in [4.78, 5) is 0. The minimum absolute atomic E-state index is 0.0682. The van der Waals surface area contributed by atoms with Crippen molar-refractivity contribution in [2.75, 3.05) is 0 Å². The number of hydrogen-bond donors (Lipinski definition) is 1. The van der Waals surface area contributed by atoms with Crippen LogP contribution in [0.25, 0.3) is 0 Å². The summed E-state index contributed by atoms with van der Waals surface area (Å²) in [6.45, 7) is 1.41. The molecule has 3 nitrogen and oxygen atoms in total. The molecule has 1 aromatic rings. The van der Waals surface area contributed by atoms with Crippen molar-refractivity contribution in [2.24, 2.45) is 0 Å². The smallest absolute Gasteiger partial charge is 0.272 e. The fraction of sp³-hybridized carbons (Fsp3) is 0.222. The maximum Gasteiger partial charge on any atom is 0.272 e. The Bertz CT molecular complexity index is 356. The molecule has 0 amide bonds. The molecule has 0 spiro atoms. The van der Waals surface area contributed by atoms with Crippen LogP contribution in [0.4, 0.5) is 0 Å². The highest BCUT2D eigenvalue weighted by Crippen LogP contribution is 2.14. The summed E-state index contributed by atoms with van der Waals surface area (Å²) in [5, 5.41) is 0.0682. The fourth-order valence-corrected chi connectivity index (χ4v) is 1.32. The average Bonchev–Trinajstić information content (AvgIpc) is 2.04. The minimum Gasteiger partial charge on any atom is -0.285 e. The van der Waals surface area contributed by atoms with Gasteiger partial charge in [0.25, 0.3) is 10.1 Å². The molecule has 71 valence electrons. The summed E-state index contributed by atoms with van der Waals surface area (Å²) >= 11 is 0. The molecule has 0 saturated heterocycles. The van der Waals surface area contributed by atoms with Crippen LogP contribution in [0.5, 0.6) is 0 Å². The molecule has 0 heterocycles. The molecule has 0 unspecified atom stereocenters. The lowest BCUT2D eigenvalue weighted by atomic mass is 10.1. The second-order valence-electron chi connectivity index (χ2n) is 2.84. The highest BCUT2D eigenvalue weighted by molar-refractivity contribution is 7.88. The van der Waals surface area contributed by atoms with Crippen molar-refractivity contribution >= 4 is 10.1 Å². The van der Waals surface area contributed by atoms with Gasteiger partial charge in [0, 0.05) is 0 Å². The topological polar surface area (TPSA) is 54.4 Å². The lowest BCUT2D eigenvalue weighted by Gasteiger charge is -2.05. The van der Waals surface area contributed by atoms with Crippen LogP contribution >= 0.6 is 0 Å². The van der Waals surface area contributed by atoms with Crippen LogP contribution in [0.3, 0.4) is 0 Å². The van der Waals surface area contributed by atoms with E-state index in [-0.39, 0.29) is 11.7 Å². The largest absolute Gasteiger partial charge is 0.285 e. The third-order valence-electron chi connectivity index (χ3n) is 1.74. The molecule has 0 aliphatic carbocycles. The zero-order chi connectivity index (χ0) is 9.90. The first-order valence-corrected chi connectivity index (χ1v) is 5.28. The Balaban J connectivity index is 2.72. The van der Waals surface area contributed by atoms with Gasteiger partial charge in [-0.25, -0.2) is 0 Å². The Kier molecular flexibility index (Phi) is 3.06. The van der Waals surface area contributed by atoms with Gasteiger partial charge in [0.05, 0.1) is 0 Å². The Morgan fingerprint density at radius 1 is 1.31 bits per heavy atom. The number of rotatable bonds is 3. The zero-order valence-electron chi connectivity index (χ0n) is 7.27. The summed E-state index contributed by atoms with van der Waals surface area (Å²) in [5.41, 5.74) is 0.873. The molecule has 4 heteroatoms. The number of benzene rings is 1. The average molecular weight is 199 g/mol. The molecule has 0 aromatic heterocycles. The zero-order valence-corrected chi connectivity index (χ0v) is 8.08. The van der Waals surface area contributed by atoms with Crippen molar-refractivity contribution in [3.05, 3.63) is 41.1 Å². The molecule has 1 aromatic carbocycles. The Labute approximate surface area is 78.2 Å². The maximum atomic E-state index is 10.7. The highest BCUT2D eigenvalue weighted by Gasteiger charge is 2.18. The molecule has 0 saturated carbocycles. The van der Waals surface area contributed by atoms with Gasteiger partial charge in [0.15, 0.2) is 0 Å². The molecule has 0 aliphatic heterocycles. The van der Waals surface area contributed by atoms with E-state index in [0.29, 0.717) is 0 Å². The molecule has 1 rings (SSSR count). The van der Waals surface area contributed by atoms with Crippen LogP contribution in [-0.2, 0) is 16.5 Å². The van der Waals surface area contributed by atoms with E-state index in [1.807, 2.05) is 30.3 Å². The molecule has 0 atom stereocenters. The van der Waals surface area contributed by atoms with Gasteiger partial charge in [-0.05, 0) is 18.9 Å². The van der Waals surface area contributed by atoms with Crippen LogP contribution < -0.4 is 0 Å². The summed E-state index contributed by atoms with van der Waals surface area (Å²) < 4.78 is 30.0. The van der Waals surface area contributed by atoms with Gasteiger partial charge < -0.3 is 0 Å². The molecule has 1 N–H and O–H groups in total. The van der Waals surface area contributed by atoms with E-state index in [2.05, 4.69) is 0 Å². The van der Waals surface area contributed by atoms with Crippen molar-refractivity contribution in [2.45, 2.75) is 13.3 Å². The van der Waals surface area contributed by atoms with Crippen LogP contribution in [0, 0.1) is 5.25 Å². The van der Waals surface area contributed by atoms with Crippen LogP contribution in [0.1, 0.15) is 12.5 Å². The van der Waals surface area contributed by atoms with Crippen molar-refractivity contribution in [3.8, 4) is 0 Å². The van der Waals surface area contributed by atoms with E-state index in [1.54, 1.807) is 0 Å². The van der Waals surface area contributed by atoms with Gasteiger partial charge in [0.2, 0.25) is 0 Å². The number of hydrogen-bond acceptors (Lipinski definition) is 2. The van der Waals surface area contributed by atoms with Crippen LogP contribution in [0.2, 0.25) is 0 Å². The fourth-order valence-electron chi connectivity index (χ4n) is 0.975. The van der Waals surface area contributed by atoms with E-state index in [4.69, 9.17) is 4.55 Å². The van der Waals surface area contributed by atoms with Crippen molar-refractivity contribution in [1.29, 1.82) is 0 Å². The Morgan fingerprint density at radius 3 is 2.31 bits per heavy atom. The molecule has 0 fully saturated rings. The monoisotopic (exact) mass is 199 g/mol. The van der Waals surface area contributed by atoms with Gasteiger partial charge in [-0.1, -0.05) is 30.3 Å². The Hall–Kier alpha value is -0.870.